The Morgan fingerprint density at radius 3 is 1.86 bits per heavy atom. The second-order valence-corrected chi connectivity index (χ2v) is 6.83. The first kappa shape index (κ1) is 19.4. The number of hydrogen-bond acceptors (Lipinski definition) is 3. The van der Waals surface area contributed by atoms with Gasteiger partial charge in [-0.15, -0.1) is 0 Å². The summed E-state index contributed by atoms with van der Waals surface area (Å²) < 4.78 is 5.80. The average molecular weight is 371 g/mol. The molecule has 0 saturated heterocycles. The van der Waals surface area contributed by atoms with Crippen LogP contribution >= 0.6 is 0 Å². The molecule has 0 heterocycles. The van der Waals surface area contributed by atoms with Gasteiger partial charge in [-0.05, 0) is 43.7 Å². The van der Waals surface area contributed by atoms with E-state index in [-0.39, 0.29) is 0 Å². The molecule has 0 aliphatic rings. The number of nitrogens with zero attached hydrogens (tertiary/aromatic N) is 1. The standard InChI is InChI=1S/C25H25NO2/c1-4-25(27)28-24(18-21-8-6-5-7-9-21)26(22-14-10-19(2)11-15-22)23-16-12-20(3)13-17-23/h4-17,24H,1,18H2,2-3H3. The number of carbonyl (C=O) groups is 1. The van der Waals surface area contributed by atoms with Gasteiger partial charge < -0.3 is 9.64 Å². The fourth-order valence-electron chi connectivity index (χ4n) is 3.08. The third-order valence-corrected chi connectivity index (χ3v) is 4.58. The van der Waals surface area contributed by atoms with Gasteiger partial charge in [0.1, 0.15) is 0 Å². The molecule has 0 aliphatic carbocycles. The molecule has 0 fully saturated rings. The van der Waals surface area contributed by atoms with E-state index < -0.39 is 12.2 Å². The monoisotopic (exact) mass is 371 g/mol. The molecule has 1 unspecified atom stereocenters. The van der Waals surface area contributed by atoms with Crippen LogP contribution in [0.5, 0.6) is 0 Å². The molecule has 3 nitrogen and oxygen atoms in total. The molecule has 28 heavy (non-hydrogen) atoms. The van der Waals surface area contributed by atoms with Gasteiger partial charge in [-0.2, -0.15) is 0 Å². The Kier molecular flexibility index (Phi) is 6.28. The number of ether oxygens (including phenoxy) is 1. The van der Waals surface area contributed by atoms with Crippen molar-refractivity contribution in [2.45, 2.75) is 26.5 Å². The van der Waals surface area contributed by atoms with Crippen molar-refractivity contribution in [2.24, 2.45) is 0 Å². The first-order valence-electron chi connectivity index (χ1n) is 9.36. The van der Waals surface area contributed by atoms with Gasteiger partial charge in [0.2, 0.25) is 0 Å². The van der Waals surface area contributed by atoms with E-state index in [1.807, 2.05) is 30.3 Å². The summed E-state index contributed by atoms with van der Waals surface area (Å²) in [7, 11) is 0. The number of aryl methyl sites for hydroxylation is 2. The smallest absolute Gasteiger partial charge is 0.332 e. The summed E-state index contributed by atoms with van der Waals surface area (Å²) in [5.74, 6) is -0.440. The second kappa shape index (κ2) is 9.05. The number of anilines is 2. The molecule has 3 aromatic rings. The molecule has 3 heteroatoms. The quantitative estimate of drug-likeness (QED) is 0.301. The summed E-state index contributed by atoms with van der Waals surface area (Å²) in [4.78, 5) is 14.2. The Morgan fingerprint density at radius 1 is 0.893 bits per heavy atom. The van der Waals surface area contributed by atoms with Gasteiger partial charge >= 0.3 is 5.97 Å². The lowest BCUT2D eigenvalue weighted by Gasteiger charge is -2.33. The number of carbonyl (C=O) groups excluding carboxylic acids is 1. The van der Waals surface area contributed by atoms with Crippen LogP contribution in [0.4, 0.5) is 11.4 Å². The SMILES string of the molecule is C=CC(=O)OC(Cc1ccccc1)N(c1ccc(C)cc1)c1ccc(C)cc1. The van der Waals surface area contributed by atoms with E-state index in [1.165, 1.54) is 17.2 Å². The number of esters is 1. The lowest BCUT2D eigenvalue weighted by molar-refractivity contribution is -0.142. The summed E-state index contributed by atoms with van der Waals surface area (Å²) >= 11 is 0. The van der Waals surface area contributed by atoms with Crippen LogP contribution in [0.2, 0.25) is 0 Å². The summed E-state index contributed by atoms with van der Waals surface area (Å²) in [6.07, 6.45) is 1.26. The van der Waals surface area contributed by atoms with Crippen molar-refractivity contribution in [2.75, 3.05) is 4.90 Å². The van der Waals surface area contributed by atoms with Crippen molar-refractivity contribution in [3.63, 3.8) is 0 Å². The van der Waals surface area contributed by atoms with Crippen LogP contribution in [0.25, 0.3) is 0 Å². The zero-order chi connectivity index (χ0) is 19.9. The van der Waals surface area contributed by atoms with Crippen LogP contribution in [0.1, 0.15) is 16.7 Å². The third-order valence-electron chi connectivity index (χ3n) is 4.58. The minimum atomic E-state index is -0.502. The van der Waals surface area contributed by atoms with E-state index in [1.54, 1.807) is 0 Å². The first-order chi connectivity index (χ1) is 13.6. The molecule has 0 bridgehead atoms. The van der Waals surface area contributed by atoms with Crippen molar-refractivity contribution in [3.8, 4) is 0 Å². The number of benzene rings is 3. The molecule has 3 aromatic carbocycles. The molecule has 0 saturated carbocycles. The van der Waals surface area contributed by atoms with E-state index >= 15 is 0 Å². The zero-order valence-electron chi connectivity index (χ0n) is 16.3. The van der Waals surface area contributed by atoms with Crippen LogP contribution in [0.15, 0.2) is 91.5 Å². The van der Waals surface area contributed by atoms with E-state index in [0.717, 1.165) is 16.9 Å². The molecular formula is C25H25NO2. The van der Waals surface area contributed by atoms with Crippen LogP contribution < -0.4 is 4.90 Å². The van der Waals surface area contributed by atoms with Crippen molar-refractivity contribution >= 4 is 17.3 Å². The maximum Gasteiger partial charge on any atom is 0.332 e. The number of rotatable bonds is 7. The highest BCUT2D eigenvalue weighted by Gasteiger charge is 2.24. The van der Waals surface area contributed by atoms with Gasteiger partial charge in [0.05, 0.1) is 0 Å². The average Bonchev–Trinajstić information content (AvgIpc) is 2.71. The highest BCUT2D eigenvalue weighted by atomic mass is 16.6. The molecule has 0 spiro atoms. The van der Waals surface area contributed by atoms with Gasteiger partial charge in [-0.25, -0.2) is 4.79 Å². The van der Waals surface area contributed by atoms with E-state index in [0.29, 0.717) is 6.42 Å². The Bertz CT molecular complexity index is 870. The largest absolute Gasteiger partial charge is 0.438 e. The Balaban J connectivity index is 2.05. The van der Waals surface area contributed by atoms with Gasteiger partial charge in [0.15, 0.2) is 6.23 Å². The van der Waals surface area contributed by atoms with Gasteiger partial charge in [0.25, 0.3) is 0 Å². The summed E-state index contributed by atoms with van der Waals surface area (Å²) in [6.45, 7) is 7.67. The predicted molar refractivity (Wildman–Crippen MR) is 115 cm³/mol. The van der Waals surface area contributed by atoms with Gasteiger partial charge in [-0.3, -0.25) is 0 Å². The Hall–Kier alpha value is -3.33. The lowest BCUT2D eigenvalue weighted by atomic mass is 10.1. The van der Waals surface area contributed by atoms with Crippen molar-refractivity contribution in [3.05, 3.63) is 108 Å². The van der Waals surface area contributed by atoms with Crippen molar-refractivity contribution in [1.29, 1.82) is 0 Å². The summed E-state index contributed by atoms with van der Waals surface area (Å²) in [5, 5.41) is 0. The van der Waals surface area contributed by atoms with Gasteiger partial charge in [0, 0.05) is 23.9 Å². The molecular weight excluding hydrogens is 346 g/mol. The summed E-state index contributed by atoms with van der Waals surface area (Å²) in [5.41, 5.74) is 5.37. The van der Waals surface area contributed by atoms with E-state index in [2.05, 4.69) is 73.9 Å². The topological polar surface area (TPSA) is 29.5 Å². The fourth-order valence-corrected chi connectivity index (χ4v) is 3.08. The minimum absolute atomic E-state index is 0.440. The molecule has 142 valence electrons. The fraction of sp³-hybridized carbons (Fsp3) is 0.160. The molecule has 0 amide bonds. The lowest BCUT2D eigenvalue weighted by Crippen LogP contribution is -2.37. The van der Waals surface area contributed by atoms with Crippen LogP contribution in [-0.4, -0.2) is 12.2 Å². The van der Waals surface area contributed by atoms with Crippen molar-refractivity contribution in [1.82, 2.24) is 0 Å². The molecule has 0 radical (unpaired) electrons. The summed E-state index contributed by atoms with van der Waals surface area (Å²) in [6, 6.07) is 26.5. The molecule has 0 aromatic heterocycles. The highest BCUT2D eigenvalue weighted by Crippen LogP contribution is 2.30. The van der Waals surface area contributed by atoms with Crippen LogP contribution in [0.3, 0.4) is 0 Å². The third kappa shape index (κ3) is 4.89. The van der Waals surface area contributed by atoms with Crippen LogP contribution in [-0.2, 0) is 16.0 Å². The molecule has 1 atom stereocenters. The second-order valence-electron chi connectivity index (χ2n) is 6.83. The Morgan fingerprint density at radius 2 is 1.39 bits per heavy atom. The van der Waals surface area contributed by atoms with Crippen LogP contribution in [0, 0.1) is 13.8 Å². The Labute approximate surface area is 166 Å². The molecule has 0 aliphatic heterocycles. The molecule has 0 N–H and O–H groups in total. The van der Waals surface area contributed by atoms with E-state index in [9.17, 15) is 4.79 Å². The predicted octanol–water partition coefficient (Wildman–Crippen LogP) is 5.74. The number of hydrogen-bond donors (Lipinski definition) is 0. The highest BCUT2D eigenvalue weighted by molar-refractivity contribution is 5.82. The first-order valence-corrected chi connectivity index (χ1v) is 9.36. The zero-order valence-corrected chi connectivity index (χ0v) is 16.3. The van der Waals surface area contributed by atoms with E-state index in [4.69, 9.17) is 4.74 Å². The minimum Gasteiger partial charge on any atom is -0.438 e. The normalized spacial score (nSPS) is 11.5. The maximum absolute atomic E-state index is 12.1. The maximum atomic E-state index is 12.1. The molecule has 3 rings (SSSR count). The van der Waals surface area contributed by atoms with Crippen molar-refractivity contribution < 1.29 is 9.53 Å². The van der Waals surface area contributed by atoms with Gasteiger partial charge in [-0.1, -0.05) is 72.3 Å².